The van der Waals surface area contributed by atoms with Gasteiger partial charge in [0.05, 0.1) is 5.69 Å². The third kappa shape index (κ3) is 5.42. The summed E-state index contributed by atoms with van der Waals surface area (Å²) in [6, 6.07) is 0. The van der Waals surface area contributed by atoms with E-state index in [-0.39, 0.29) is 5.91 Å². The Kier molecular flexibility index (Phi) is 6.56. The summed E-state index contributed by atoms with van der Waals surface area (Å²) in [6.45, 7) is 5.37. The summed E-state index contributed by atoms with van der Waals surface area (Å²) in [4.78, 5) is 11.8. The number of carbonyl (C=O) groups is 1. The highest BCUT2D eigenvalue weighted by atomic mass is 16.1. The average Bonchev–Trinajstić information content (AvgIpc) is 2.70. The summed E-state index contributed by atoms with van der Waals surface area (Å²) in [5.41, 5.74) is 7.60. The van der Waals surface area contributed by atoms with Gasteiger partial charge < -0.3 is 11.1 Å². The van der Waals surface area contributed by atoms with Gasteiger partial charge in [-0.05, 0) is 32.2 Å². The monoisotopic (exact) mass is 266 g/mol. The molecule has 19 heavy (non-hydrogen) atoms. The number of rotatable bonds is 8. The van der Waals surface area contributed by atoms with Crippen LogP contribution >= 0.6 is 0 Å². The Bertz CT molecular complexity index is 400. The lowest BCUT2D eigenvalue weighted by Gasteiger charge is -2.13. The quantitative estimate of drug-likeness (QED) is 0.749. The van der Waals surface area contributed by atoms with Crippen LogP contribution in [-0.2, 0) is 18.4 Å². The van der Waals surface area contributed by atoms with Crippen LogP contribution in [0.2, 0.25) is 0 Å². The molecule has 5 nitrogen and oxygen atoms in total. The van der Waals surface area contributed by atoms with E-state index in [1.165, 1.54) is 0 Å². The lowest BCUT2D eigenvalue weighted by Crippen LogP contribution is -2.23. The first-order valence-corrected chi connectivity index (χ1v) is 7.02. The van der Waals surface area contributed by atoms with Crippen LogP contribution in [0, 0.1) is 12.8 Å². The first-order valence-electron chi connectivity index (χ1n) is 7.02. The lowest BCUT2D eigenvalue weighted by molar-refractivity contribution is -0.121. The van der Waals surface area contributed by atoms with Crippen molar-refractivity contribution in [3.05, 3.63) is 17.5 Å². The number of aromatic nitrogens is 2. The molecule has 5 heteroatoms. The number of aryl methyl sites for hydroxylation is 2. The van der Waals surface area contributed by atoms with Crippen LogP contribution in [0.15, 0.2) is 6.20 Å². The maximum Gasteiger partial charge on any atom is 0.220 e. The minimum absolute atomic E-state index is 0.110. The molecular formula is C14H26N4O. The minimum atomic E-state index is 0.110. The van der Waals surface area contributed by atoms with Crippen LogP contribution < -0.4 is 11.1 Å². The number of nitrogens with one attached hydrogen (secondary N) is 1. The molecular weight excluding hydrogens is 240 g/mol. The second-order valence-corrected chi connectivity index (χ2v) is 5.08. The second kappa shape index (κ2) is 7.94. The van der Waals surface area contributed by atoms with Crippen LogP contribution in [-0.4, -0.2) is 22.2 Å². The van der Waals surface area contributed by atoms with Gasteiger partial charge in [0.2, 0.25) is 5.91 Å². The average molecular weight is 266 g/mol. The number of nitrogens with two attached hydrogens (primary N) is 1. The molecule has 0 saturated heterocycles. The van der Waals surface area contributed by atoms with Crippen LogP contribution in [0.5, 0.6) is 0 Å². The van der Waals surface area contributed by atoms with Gasteiger partial charge in [-0.3, -0.25) is 9.48 Å². The van der Waals surface area contributed by atoms with Crippen molar-refractivity contribution in [2.75, 3.05) is 6.54 Å². The topological polar surface area (TPSA) is 72.9 Å². The molecule has 1 rings (SSSR count). The molecule has 0 radical (unpaired) electrons. The number of nitrogens with zero attached hydrogens (tertiary/aromatic N) is 2. The van der Waals surface area contributed by atoms with Gasteiger partial charge in [-0.2, -0.15) is 5.10 Å². The van der Waals surface area contributed by atoms with Crippen molar-refractivity contribution in [2.45, 2.75) is 46.1 Å². The van der Waals surface area contributed by atoms with Crippen molar-refractivity contribution in [3.8, 4) is 0 Å². The standard InChI is InChI=1S/C14H26N4O/c1-4-12(7-8-15)5-6-14(19)16-9-13-10-18(3)17-11(13)2/h10,12H,4-9,15H2,1-3H3,(H,16,19). The normalized spacial score (nSPS) is 12.4. The Labute approximate surface area is 115 Å². The Morgan fingerprint density at radius 2 is 2.26 bits per heavy atom. The molecule has 108 valence electrons. The highest BCUT2D eigenvalue weighted by molar-refractivity contribution is 5.75. The van der Waals surface area contributed by atoms with Crippen molar-refractivity contribution in [3.63, 3.8) is 0 Å². The third-order valence-electron chi connectivity index (χ3n) is 3.52. The number of hydrogen-bond donors (Lipinski definition) is 2. The largest absolute Gasteiger partial charge is 0.352 e. The second-order valence-electron chi connectivity index (χ2n) is 5.08. The Hall–Kier alpha value is -1.36. The van der Waals surface area contributed by atoms with Crippen molar-refractivity contribution in [1.82, 2.24) is 15.1 Å². The number of amides is 1. The molecule has 0 spiro atoms. The molecule has 1 amide bonds. The van der Waals surface area contributed by atoms with Gasteiger partial charge in [0.1, 0.15) is 0 Å². The van der Waals surface area contributed by atoms with E-state index >= 15 is 0 Å². The summed E-state index contributed by atoms with van der Waals surface area (Å²) in [6.07, 6.45) is 5.54. The molecule has 0 fully saturated rings. The molecule has 1 aromatic heterocycles. The van der Waals surface area contributed by atoms with E-state index in [1.54, 1.807) is 4.68 Å². The maximum absolute atomic E-state index is 11.8. The van der Waals surface area contributed by atoms with Crippen molar-refractivity contribution >= 4 is 5.91 Å². The smallest absolute Gasteiger partial charge is 0.220 e. The molecule has 1 atom stereocenters. The van der Waals surface area contributed by atoms with E-state index in [0.29, 0.717) is 25.4 Å². The Morgan fingerprint density at radius 3 is 2.79 bits per heavy atom. The molecule has 0 aromatic carbocycles. The summed E-state index contributed by atoms with van der Waals surface area (Å²) < 4.78 is 1.77. The van der Waals surface area contributed by atoms with E-state index in [0.717, 1.165) is 30.5 Å². The summed E-state index contributed by atoms with van der Waals surface area (Å²) >= 11 is 0. The van der Waals surface area contributed by atoms with Gasteiger partial charge in [0, 0.05) is 31.8 Å². The van der Waals surface area contributed by atoms with Crippen LogP contribution in [0.3, 0.4) is 0 Å². The van der Waals surface area contributed by atoms with Crippen molar-refractivity contribution in [1.29, 1.82) is 0 Å². The van der Waals surface area contributed by atoms with Crippen molar-refractivity contribution in [2.24, 2.45) is 18.7 Å². The number of hydrogen-bond acceptors (Lipinski definition) is 3. The predicted molar refractivity (Wildman–Crippen MR) is 76.5 cm³/mol. The van der Waals surface area contributed by atoms with E-state index in [4.69, 9.17) is 5.73 Å². The van der Waals surface area contributed by atoms with Gasteiger partial charge in [-0.15, -0.1) is 0 Å². The molecule has 0 saturated carbocycles. The molecule has 1 aromatic rings. The maximum atomic E-state index is 11.8. The zero-order chi connectivity index (χ0) is 14.3. The fourth-order valence-corrected chi connectivity index (χ4v) is 2.23. The van der Waals surface area contributed by atoms with E-state index in [1.807, 2.05) is 20.2 Å². The van der Waals surface area contributed by atoms with Crippen molar-refractivity contribution < 1.29 is 4.79 Å². The molecule has 1 heterocycles. The van der Waals surface area contributed by atoms with Gasteiger partial charge >= 0.3 is 0 Å². The van der Waals surface area contributed by atoms with Crippen LogP contribution in [0.1, 0.15) is 43.9 Å². The van der Waals surface area contributed by atoms with E-state index < -0.39 is 0 Å². The first-order chi connectivity index (χ1) is 9.06. The molecule has 0 aliphatic carbocycles. The van der Waals surface area contributed by atoms with Gasteiger partial charge in [0.25, 0.3) is 0 Å². The Morgan fingerprint density at radius 1 is 1.53 bits per heavy atom. The SMILES string of the molecule is CCC(CCN)CCC(=O)NCc1cn(C)nc1C. The zero-order valence-corrected chi connectivity index (χ0v) is 12.3. The summed E-state index contributed by atoms with van der Waals surface area (Å²) in [7, 11) is 1.89. The molecule has 0 aliphatic heterocycles. The van der Waals surface area contributed by atoms with Crippen LogP contribution in [0.4, 0.5) is 0 Å². The molecule has 0 aliphatic rings. The predicted octanol–water partition coefficient (Wildman–Crippen LogP) is 1.50. The van der Waals surface area contributed by atoms with E-state index in [9.17, 15) is 4.79 Å². The molecule has 3 N–H and O–H groups in total. The first kappa shape index (κ1) is 15.7. The molecule has 0 bridgehead atoms. The highest BCUT2D eigenvalue weighted by Gasteiger charge is 2.10. The minimum Gasteiger partial charge on any atom is -0.352 e. The Balaban J connectivity index is 2.30. The molecule has 1 unspecified atom stereocenters. The number of carbonyl (C=O) groups excluding carboxylic acids is 1. The van der Waals surface area contributed by atoms with Gasteiger partial charge in [0.15, 0.2) is 0 Å². The van der Waals surface area contributed by atoms with Gasteiger partial charge in [-0.25, -0.2) is 0 Å². The lowest BCUT2D eigenvalue weighted by atomic mass is 9.96. The fraction of sp³-hybridized carbons (Fsp3) is 0.714. The van der Waals surface area contributed by atoms with E-state index in [2.05, 4.69) is 17.3 Å². The zero-order valence-electron chi connectivity index (χ0n) is 12.3. The summed E-state index contributed by atoms with van der Waals surface area (Å²) in [5, 5.41) is 7.20. The van der Waals surface area contributed by atoms with Crippen LogP contribution in [0.25, 0.3) is 0 Å². The summed E-state index contributed by atoms with van der Waals surface area (Å²) in [5.74, 6) is 0.676. The van der Waals surface area contributed by atoms with Gasteiger partial charge in [-0.1, -0.05) is 13.3 Å². The third-order valence-corrected chi connectivity index (χ3v) is 3.52. The fourth-order valence-electron chi connectivity index (χ4n) is 2.23. The highest BCUT2D eigenvalue weighted by Crippen LogP contribution is 2.14.